The standard InChI is InChI=1S/C13H9FN2O4.Pb/c14-7-3-1-2-6-10(7)13(20)16(12(6)19)8-4-5-9(17)15-11(8)18;/h1-3,8H,4-5H2,(H,15,17,18);. The first-order valence-electron chi connectivity index (χ1n) is 6.01. The number of halogens is 1. The summed E-state index contributed by atoms with van der Waals surface area (Å²) < 4.78 is 13.7. The number of imide groups is 2. The molecule has 4 radical (unpaired) electrons. The second-order valence-corrected chi connectivity index (χ2v) is 4.61. The van der Waals surface area contributed by atoms with Crippen LogP contribution in [-0.2, 0) is 9.59 Å². The maximum absolute atomic E-state index is 13.7. The van der Waals surface area contributed by atoms with Gasteiger partial charge in [0.25, 0.3) is 11.8 Å². The van der Waals surface area contributed by atoms with Crippen molar-refractivity contribution in [1.29, 1.82) is 0 Å². The van der Waals surface area contributed by atoms with Gasteiger partial charge in [-0.05, 0) is 18.6 Å². The van der Waals surface area contributed by atoms with E-state index in [0.29, 0.717) is 0 Å². The summed E-state index contributed by atoms with van der Waals surface area (Å²) in [7, 11) is 0. The van der Waals surface area contributed by atoms with E-state index in [1.165, 1.54) is 12.1 Å². The van der Waals surface area contributed by atoms with Crippen LogP contribution in [0.15, 0.2) is 18.2 Å². The summed E-state index contributed by atoms with van der Waals surface area (Å²) in [6.07, 6.45) is 0.0873. The summed E-state index contributed by atoms with van der Waals surface area (Å²) in [6, 6.07) is 2.68. The van der Waals surface area contributed by atoms with Crippen LogP contribution < -0.4 is 5.32 Å². The van der Waals surface area contributed by atoms with Crippen molar-refractivity contribution in [1.82, 2.24) is 10.2 Å². The van der Waals surface area contributed by atoms with Crippen LogP contribution in [0.3, 0.4) is 0 Å². The van der Waals surface area contributed by atoms with Gasteiger partial charge in [0.15, 0.2) is 0 Å². The van der Waals surface area contributed by atoms with Crippen molar-refractivity contribution >= 4 is 50.9 Å². The van der Waals surface area contributed by atoms with Gasteiger partial charge in [0.05, 0.1) is 11.1 Å². The van der Waals surface area contributed by atoms with Gasteiger partial charge < -0.3 is 0 Å². The summed E-state index contributed by atoms with van der Waals surface area (Å²) in [6.45, 7) is 0. The monoisotopic (exact) mass is 484 g/mol. The second-order valence-electron chi connectivity index (χ2n) is 4.61. The van der Waals surface area contributed by atoms with Gasteiger partial charge >= 0.3 is 0 Å². The number of amides is 4. The Morgan fingerprint density at radius 1 is 1.14 bits per heavy atom. The smallest absolute Gasteiger partial charge is 0.265 e. The first-order valence-corrected chi connectivity index (χ1v) is 6.01. The third-order valence-electron chi connectivity index (χ3n) is 3.42. The van der Waals surface area contributed by atoms with E-state index in [1.807, 2.05) is 0 Å². The molecule has 0 spiro atoms. The molecule has 4 amide bonds. The Morgan fingerprint density at radius 2 is 1.86 bits per heavy atom. The van der Waals surface area contributed by atoms with Gasteiger partial charge in [-0.25, -0.2) is 4.39 Å². The molecular weight excluding hydrogens is 474 g/mol. The largest absolute Gasteiger partial charge is 0.295 e. The topological polar surface area (TPSA) is 83.6 Å². The third-order valence-corrected chi connectivity index (χ3v) is 3.42. The zero-order valence-electron chi connectivity index (χ0n) is 10.7. The van der Waals surface area contributed by atoms with Crippen molar-refractivity contribution < 1.29 is 23.6 Å². The molecule has 2 aliphatic rings. The van der Waals surface area contributed by atoms with Crippen molar-refractivity contribution in [3.05, 3.63) is 35.1 Å². The van der Waals surface area contributed by atoms with Crippen LogP contribution in [0.25, 0.3) is 0 Å². The van der Waals surface area contributed by atoms with Gasteiger partial charge in [0.2, 0.25) is 11.8 Å². The Bertz CT molecular complexity index is 676. The van der Waals surface area contributed by atoms with Crippen molar-refractivity contribution in [2.24, 2.45) is 0 Å². The Labute approximate surface area is 138 Å². The number of fused-ring (bicyclic) bond motifs is 1. The average molecular weight is 483 g/mol. The van der Waals surface area contributed by atoms with Crippen LogP contribution in [0.1, 0.15) is 33.6 Å². The summed E-state index contributed by atoms with van der Waals surface area (Å²) in [5.74, 6) is -3.50. The van der Waals surface area contributed by atoms with E-state index < -0.39 is 35.5 Å². The predicted octanol–water partition coefficient (Wildman–Crippen LogP) is -0.154. The maximum Gasteiger partial charge on any atom is 0.265 e. The van der Waals surface area contributed by atoms with Gasteiger partial charge in [-0.15, -0.1) is 0 Å². The Hall–Kier alpha value is -1.65. The molecule has 1 unspecified atom stereocenters. The Kier molecular flexibility index (Phi) is 4.21. The molecule has 1 atom stereocenters. The van der Waals surface area contributed by atoms with Gasteiger partial charge in [0.1, 0.15) is 11.9 Å². The van der Waals surface area contributed by atoms with Crippen LogP contribution in [0.4, 0.5) is 4.39 Å². The fourth-order valence-electron chi connectivity index (χ4n) is 2.47. The molecule has 1 saturated heterocycles. The van der Waals surface area contributed by atoms with Crippen LogP contribution in [0.2, 0.25) is 0 Å². The molecule has 21 heavy (non-hydrogen) atoms. The SMILES string of the molecule is O=C1CCC(N2C(=O)c3cccc(F)c3C2=O)C(=O)N1.[Pb]. The number of piperidine rings is 1. The first-order chi connectivity index (χ1) is 9.50. The number of hydrogen-bond acceptors (Lipinski definition) is 4. The quantitative estimate of drug-likeness (QED) is 0.445. The molecule has 3 rings (SSSR count). The molecule has 1 fully saturated rings. The average Bonchev–Trinajstić information content (AvgIpc) is 2.64. The molecule has 0 aliphatic carbocycles. The number of nitrogens with one attached hydrogen (secondary N) is 1. The minimum absolute atomic E-state index is 0. The molecule has 1 aromatic carbocycles. The number of hydrogen-bond donors (Lipinski definition) is 1. The third kappa shape index (κ3) is 2.39. The first kappa shape index (κ1) is 15.7. The summed E-state index contributed by atoms with van der Waals surface area (Å²) in [5.41, 5.74) is -0.373. The molecule has 2 aliphatic heterocycles. The molecular formula is C13H9FN2O4Pb. The van der Waals surface area contributed by atoms with Crippen LogP contribution >= 0.6 is 0 Å². The normalized spacial score (nSPS) is 21.0. The Balaban J connectivity index is 0.00000161. The molecule has 0 bridgehead atoms. The van der Waals surface area contributed by atoms with E-state index in [-0.39, 0.29) is 51.3 Å². The molecule has 0 aromatic heterocycles. The molecule has 8 heteroatoms. The van der Waals surface area contributed by atoms with E-state index in [2.05, 4.69) is 5.32 Å². The van der Waals surface area contributed by atoms with Crippen LogP contribution in [-0.4, -0.2) is 61.9 Å². The van der Waals surface area contributed by atoms with Crippen LogP contribution in [0, 0.1) is 5.82 Å². The zero-order chi connectivity index (χ0) is 14.4. The fraction of sp³-hybridized carbons (Fsp3) is 0.231. The van der Waals surface area contributed by atoms with Gasteiger partial charge in [0, 0.05) is 33.7 Å². The minimum Gasteiger partial charge on any atom is -0.295 e. The van der Waals surface area contributed by atoms with E-state index in [1.54, 1.807) is 0 Å². The summed E-state index contributed by atoms with van der Waals surface area (Å²) in [5, 5.41) is 2.07. The molecule has 106 valence electrons. The fourth-order valence-corrected chi connectivity index (χ4v) is 2.47. The number of carbonyl (C=O) groups excluding carboxylic acids is 4. The summed E-state index contributed by atoms with van der Waals surface area (Å²) in [4.78, 5) is 47.9. The molecule has 2 heterocycles. The summed E-state index contributed by atoms with van der Waals surface area (Å²) >= 11 is 0. The molecule has 1 N–H and O–H groups in total. The zero-order valence-corrected chi connectivity index (χ0v) is 14.6. The van der Waals surface area contributed by atoms with Gasteiger partial charge in [-0.3, -0.25) is 29.4 Å². The maximum atomic E-state index is 13.7. The number of carbonyl (C=O) groups is 4. The molecule has 1 aromatic rings. The van der Waals surface area contributed by atoms with Crippen molar-refractivity contribution in [3.8, 4) is 0 Å². The number of nitrogens with zero attached hydrogens (tertiary/aromatic N) is 1. The van der Waals surface area contributed by atoms with Gasteiger partial charge in [-0.1, -0.05) is 6.07 Å². The Morgan fingerprint density at radius 3 is 2.48 bits per heavy atom. The van der Waals surface area contributed by atoms with Gasteiger partial charge in [-0.2, -0.15) is 0 Å². The van der Waals surface area contributed by atoms with Crippen molar-refractivity contribution in [2.45, 2.75) is 18.9 Å². The number of benzene rings is 1. The van der Waals surface area contributed by atoms with Crippen LogP contribution in [0.5, 0.6) is 0 Å². The second kappa shape index (κ2) is 5.62. The van der Waals surface area contributed by atoms with Crippen molar-refractivity contribution in [2.75, 3.05) is 0 Å². The van der Waals surface area contributed by atoms with E-state index in [0.717, 1.165) is 11.0 Å². The molecule has 6 nitrogen and oxygen atoms in total. The van der Waals surface area contributed by atoms with E-state index in [4.69, 9.17) is 0 Å². The minimum atomic E-state index is -1.07. The van der Waals surface area contributed by atoms with E-state index >= 15 is 0 Å². The van der Waals surface area contributed by atoms with E-state index in [9.17, 15) is 23.6 Å². The number of rotatable bonds is 1. The molecule has 0 saturated carbocycles. The van der Waals surface area contributed by atoms with Crippen molar-refractivity contribution in [3.63, 3.8) is 0 Å². The predicted molar refractivity (Wildman–Crippen MR) is 68.8 cm³/mol.